The first-order valence-corrected chi connectivity index (χ1v) is 10.9. The molecule has 1 aliphatic heterocycles. The van der Waals surface area contributed by atoms with Crippen molar-refractivity contribution in [2.24, 2.45) is 5.92 Å². The van der Waals surface area contributed by atoms with E-state index < -0.39 is 10.8 Å². The van der Waals surface area contributed by atoms with Crippen LogP contribution >= 0.6 is 0 Å². The normalized spacial score (nSPS) is 20.2. The van der Waals surface area contributed by atoms with Crippen LogP contribution in [0.1, 0.15) is 54.5 Å². The van der Waals surface area contributed by atoms with Gasteiger partial charge in [0.05, 0.1) is 22.9 Å². The zero-order chi connectivity index (χ0) is 18.3. The molecule has 138 valence electrons. The van der Waals surface area contributed by atoms with Crippen molar-refractivity contribution in [2.75, 3.05) is 5.32 Å². The van der Waals surface area contributed by atoms with Gasteiger partial charge in [0.2, 0.25) is 5.91 Å². The maximum absolute atomic E-state index is 12.9. The van der Waals surface area contributed by atoms with Crippen molar-refractivity contribution in [1.29, 1.82) is 0 Å². The van der Waals surface area contributed by atoms with E-state index in [2.05, 4.69) is 25.2 Å². The van der Waals surface area contributed by atoms with Crippen LogP contribution in [0, 0.1) is 19.8 Å². The maximum atomic E-state index is 12.9. The van der Waals surface area contributed by atoms with E-state index in [1.807, 2.05) is 16.8 Å². The molecule has 4 rings (SSSR count). The highest BCUT2D eigenvalue weighted by Gasteiger charge is 2.30. The number of hydrogen-bond donors (Lipinski definition) is 1. The number of benzene rings is 1. The second kappa shape index (κ2) is 6.99. The predicted octanol–water partition coefficient (Wildman–Crippen LogP) is 3.77. The van der Waals surface area contributed by atoms with Crippen LogP contribution in [0.3, 0.4) is 0 Å². The van der Waals surface area contributed by atoms with Crippen LogP contribution in [0.2, 0.25) is 0 Å². The third-order valence-corrected chi connectivity index (χ3v) is 6.90. The maximum Gasteiger partial charge on any atom is 0.228 e. The lowest BCUT2D eigenvalue weighted by molar-refractivity contribution is -0.120. The third-order valence-electron chi connectivity index (χ3n) is 5.69. The van der Waals surface area contributed by atoms with E-state index in [-0.39, 0.29) is 11.8 Å². The lowest BCUT2D eigenvalue weighted by atomic mass is 9.88. The average Bonchev–Trinajstić information content (AvgIpc) is 3.15. The second-order valence-electron chi connectivity index (χ2n) is 7.46. The summed E-state index contributed by atoms with van der Waals surface area (Å²) in [7, 11) is -0.920. The third kappa shape index (κ3) is 3.11. The van der Waals surface area contributed by atoms with Crippen molar-refractivity contribution < 1.29 is 9.00 Å². The molecule has 0 saturated heterocycles. The highest BCUT2D eigenvalue weighted by Crippen LogP contribution is 2.34. The Hall–Kier alpha value is -1.95. The number of carbonyl (C=O) groups excluding carboxylic acids is 1. The number of carbonyl (C=O) groups is 1. The number of aromatic nitrogens is 2. The number of anilines is 1. The molecule has 2 aliphatic rings. The Morgan fingerprint density at radius 3 is 2.73 bits per heavy atom. The number of nitrogens with zero attached hydrogens (tertiary/aromatic N) is 2. The Labute approximate surface area is 156 Å². The summed E-state index contributed by atoms with van der Waals surface area (Å²) >= 11 is 0. The molecule has 5 nitrogen and oxygen atoms in total. The number of hydrogen-bond acceptors (Lipinski definition) is 3. The van der Waals surface area contributed by atoms with Crippen molar-refractivity contribution in [3.63, 3.8) is 0 Å². The Morgan fingerprint density at radius 2 is 1.96 bits per heavy atom. The Morgan fingerprint density at radius 1 is 1.19 bits per heavy atom. The standard InChI is InChI=1S/C20H25N3O2S/c1-13-7-6-10-18(14(13)2)23-19(16-11-26(25)12-17(16)22-23)21-20(24)15-8-4-3-5-9-15/h6-7,10,15H,3-5,8-9,11-12H2,1-2H3,(H,21,24)/t26-/m0/s1. The van der Waals surface area contributed by atoms with E-state index in [1.165, 1.54) is 12.0 Å². The van der Waals surface area contributed by atoms with Crippen LogP contribution in [-0.4, -0.2) is 19.9 Å². The van der Waals surface area contributed by atoms with Crippen LogP contribution in [0.25, 0.3) is 5.69 Å². The van der Waals surface area contributed by atoms with Crippen molar-refractivity contribution in [2.45, 2.75) is 57.5 Å². The van der Waals surface area contributed by atoms with Crippen molar-refractivity contribution in [3.8, 4) is 5.69 Å². The fourth-order valence-corrected chi connectivity index (χ4v) is 5.24. The molecular weight excluding hydrogens is 346 g/mol. The Bertz CT molecular complexity index is 881. The summed E-state index contributed by atoms with van der Waals surface area (Å²) < 4.78 is 13.9. The molecule has 1 atom stereocenters. The van der Waals surface area contributed by atoms with Gasteiger partial charge < -0.3 is 5.32 Å². The van der Waals surface area contributed by atoms with Crippen LogP contribution in [0.5, 0.6) is 0 Å². The highest BCUT2D eigenvalue weighted by atomic mass is 32.2. The molecule has 2 aromatic rings. The minimum absolute atomic E-state index is 0.0771. The quantitative estimate of drug-likeness (QED) is 0.893. The molecule has 0 bridgehead atoms. The molecule has 0 spiro atoms. The van der Waals surface area contributed by atoms with Gasteiger partial charge in [0, 0.05) is 22.3 Å². The number of amides is 1. The van der Waals surface area contributed by atoms with E-state index >= 15 is 0 Å². The zero-order valence-corrected chi connectivity index (χ0v) is 16.2. The smallest absolute Gasteiger partial charge is 0.228 e. The molecule has 1 aromatic carbocycles. The van der Waals surface area contributed by atoms with Gasteiger partial charge in [-0.05, 0) is 43.9 Å². The van der Waals surface area contributed by atoms with Gasteiger partial charge in [-0.15, -0.1) is 0 Å². The zero-order valence-electron chi connectivity index (χ0n) is 15.4. The van der Waals surface area contributed by atoms with Crippen molar-refractivity contribution in [3.05, 3.63) is 40.6 Å². The first-order valence-electron chi connectivity index (χ1n) is 9.38. The molecule has 2 heterocycles. The summed E-state index contributed by atoms with van der Waals surface area (Å²) in [6.07, 6.45) is 5.38. The van der Waals surface area contributed by atoms with Gasteiger partial charge in [-0.3, -0.25) is 9.00 Å². The molecule has 1 aromatic heterocycles. The SMILES string of the molecule is Cc1cccc(-n2nc3c(c2NC(=O)C2CCCCC2)C[S@](=O)C3)c1C. The van der Waals surface area contributed by atoms with Gasteiger partial charge >= 0.3 is 0 Å². The van der Waals surface area contributed by atoms with Crippen LogP contribution in [-0.2, 0) is 27.1 Å². The number of aryl methyl sites for hydroxylation is 1. The van der Waals surface area contributed by atoms with Gasteiger partial charge in [-0.2, -0.15) is 5.10 Å². The molecular formula is C20H25N3O2S. The van der Waals surface area contributed by atoms with E-state index in [0.29, 0.717) is 11.5 Å². The summed E-state index contributed by atoms with van der Waals surface area (Å²) in [4.78, 5) is 12.9. The van der Waals surface area contributed by atoms with Gasteiger partial charge in [0.15, 0.2) is 0 Å². The van der Waals surface area contributed by atoms with Gasteiger partial charge in [0.1, 0.15) is 5.82 Å². The predicted molar refractivity (Wildman–Crippen MR) is 104 cm³/mol. The molecule has 26 heavy (non-hydrogen) atoms. The lowest BCUT2D eigenvalue weighted by Crippen LogP contribution is -2.26. The van der Waals surface area contributed by atoms with Gasteiger partial charge in [0.25, 0.3) is 0 Å². The van der Waals surface area contributed by atoms with Gasteiger partial charge in [-0.1, -0.05) is 31.4 Å². The minimum Gasteiger partial charge on any atom is -0.310 e. The number of nitrogens with one attached hydrogen (secondary N) is 1. The molecule has 0 radical (unpaired) electrons. The van der Waals surface area contributed by atoms with Crippen LogP contribution in [0.15, 0.2) is 18.2 Å². The highest BCUT2D eigenvalue weighted by molar-refractivity contribution is 7.83. The molecule has 6 heteroatoms. The molecule has 1 aliphatic carbocycles. The van der Waals surface area contributed by atoms with Gasteiger partial charge in [-0.25, -0.2) is 4.68 Å². The first-order chi connectivity index (χ1) is 12.5. The first kappa shape index (κ1) is 17.5. The van der Waals surface area contributed by atoms with Crippen molar-refractivity contribution in [1.82, 2.24) is 9.78 Å². The monoisotopic (exact) mass is 371 g/mol. The lowest BCUT2D eigenvalue weighted by Gasteiger charge is -2.21. The van der Waals surface area contributed by atoms with Crippen LogP contribution in [0.4, 0.5) is 5.82 Å². The van der Waals surface area contributed by atoms with E-state index in [4.69, 9.17) is 5.10 Å². The Kier molecular flexibility index (Phi) is 4.69. The largest absolute Gasteiger partial charge is 0.310 e. The summed E-state index contributed by atoms with van der Waals surface area (Å²) in [6.45, 7) is 4.15. The minimum atomic E-state index is -0.920. The topological polar surface area (TPSA) is 64.0 Å². The van der Waals surface area contributed by atoms with E-state index in [9.17, 15) is 9.00 Å². The fourth-order valence-electron chi connectivity index (χ4n) is 3.98. The summed E-state index contributed by atoms with van der Waals surface area (Å²) in [5.74, 6) is 1.82. The molecule has 1 N–H and O–H groups in total. The molecule has 1 amide bonds. The summed E-state index contributed by atoms with van der Waals surface area (Å²) in [5.41, 5.74) is 5.09. The van der Waals surface area contributed by atoms with E-state index in [0.717, 1.165) is 54.0 Å². The van der Waals surface area contributed by atoms with Crippen molar-refractivity contribution >= 4 is 22.5 Å². The number of fused-ring (bicyclic) bond motifs is 1. The number of rotatable bonds is 3. The summed E-state index contributed by atoms with van der Waals surface area (Å²) in [6, 6.07) is 6.11. The average molecular weight is 372 g/mol. The van der Waals surface area contributed by atoms with E-state index in [1.54, 1.807) is 0 Å². The molecule has 1 saturated carbocycles. The molecule has 0 unspecified atom stereocenters. The summed E-state index contributed by atoms with van der Waals surface area (Å²) in [5, 5.41) is 7.87. The fraction of sp³-hybridized carbons (Fsp3) is 0.500. The van der Waals surface area contributed by atoms with Crippen LogP contribution < -0.4 is 5.32 Å². The molecule has 1 fully saturated rings. The Balaban J connectivity index is 1.73. The second-order valence-corrected chi connectivity index (χ2v) is 8.91.